The summed E-state index contributed by atoms with van der Waals surface area (Å²) in [6.07, 6.45) is 7.21. The van der Waals surface area contributed by atoms with E-state index >= 15 is 0 Å². The molecule has 0 radical (unpaired) electrons. The molecule has 1 aromatic carbocycles. The van der Waals surface area contributed by atoms with Gasteiger partial charge in [-0.05, 0) is 31.2 Å². The number of halogens is 1. The van der Waals surface area contributed by atoms with Crippen LogP contribution in [0.5, 0.6) is 5.75 Å². The summed E-state index contributed by atoms with van der Waals surface area (Å²) in [4.78, 5) is 11.2. The largest absolute Gasteiger partial charge is 0.493 e. The second-order valence-electron chi connectivity index (χ2n) is 7.18. The predicted octanol–water partition coefficient (Wildman–Crippen LogP) is 2.53. The van der Waals surface area contributed by atoms with Gasteiger partial charge in [0.15, 0.2) is 11.5 Å². The van der Waals surface area contributed by atoms with Crippen LogP contribution < -0.4 is 10.1 Å². The molecule has 2 aromatic heterocycles. The van der Waals surface area contributed by atoms with Crippen molar-refractivity contribution < 1.29 is 9.13 Å². The molecule has 8 heteroatoms. The van der Waals surface area contributed by atoms with Gasteiger partial charge in [0.25, 0.3) is 0 Å². The lowest BCUT2D eigenvalue weighted by atomic mass is 10.0. The molecule has 0 amide bonds. The third-order valence-electron chi connectivity index (χ3n) is 5.42. The molecule has 144 valence electrons. The minimum atomic E-state index is -0.234. The van der Waals surface area contributed by atoms with E-state index in [-0.39, 0.29) is 5.82 Å². The highest BCUT2D eigenvalue weighted by Gasteiger charge is 2.20. The Bertz CT molecular complexity index is 1080. The molecule has 0 bridgehead atoms. The number of likely N-dealkylation sites (N-methyl/N-ethyl adjacent to an activating group) is 1. The number of aromatic nitrogens is 4. The number of rotatable bonds is 4. The molecule has 0 unspecified atom stereocenters. The second kappa shape index (κ2) is 6.87. The first-order valence-corrected chi connectivity index (χ1v) is 9.44. The Morgan fingerprint density at radius 3 is 3.04 bits per heavy atom. The van der Waals surface area contributed by atoms with Gasteiger partial charge in [0, 0.05) is 37.2 Å². The number of ether oxygens (including phenoxy) is 1. The average Bonchev–Trinajstić information content (AvgIpc) is 3.37. The first-order valence-electron chi connectivity index (χ1n) is 9.44. The van der Waals surface area contributed by atoms with E-state index in [1.807, 2.05) is 6.20 Å². The lowest BCUT2D eigenvalue weighted by molar-refractivity contribution is 0.356. The smallest absolute Gasteiger partial charge is 0.198 e. The van der Waals surface area contributed by atoms with Crippen molar-refractivity contribution in [3.8, 4) is 5.75 Å². The molecule has 0 saturated heterocycles. The van der Waals surface area contributed by atoms with Crippen LogP contribution in [0, 0.1) is 5.82 Å². The van der Waals surface area contributed by atoms with E-state index in [2.05, 4.69) is 38.4 Å². The summed E-state index contributed by atoms with van der Waals surface area (Å²) >= 11 is 0. The molecule has 3 aromatic rings. The Labute approximate surface area is 161 Å². The summed E-state index contributed by atoms with van der Waals surface area (Å²) in [6.45, 7) is 2.83. The molecule has 4 heterocycles. The molecule has 0 fully saturated rings. The highest BCUT2D eigenvalue weighted by atomic mass is 19.1. The van der Waals surface area contributed by atoms with Crippen LogP contribution in [0.4, 0.5) is 10.2 Å². The summed E-state index contributed by atoms with van der Waals surface area (Å²) in [5.41, 5.74) is 4.36. The Morgan fingerprint density at radius 1 is 1.25 bits per heavy atom. The van der Waals surface area contributed by atoms with Gasteiger partial charge < -0.3 is 15.0 Å². The normalized spacial score (nSPS) is 16.7. The topological polar surface area (TPSA) is 67.6 Å². The van der Waals surface area contributed by atoms with Gasteiger partial charge in [0.1, 0.15) is 17.9 Å². The standard InChI is InChI=1S/C20H21FN6O/c1-26-7-4-13(5-8-26)17-11-23-19(20-24-12-25-27(17)20)22-10-15-14-6-9-28-18(14)3-2-16(15)21/h2-4,11-12H,5-10H2,1H3,(H,22,23). The highest BCUT2D eigenvalue weighted by molar-refractivity contribution is 5.70. The zero-order valence-corrected chi connectivity index (χ0v) is 15.7. The van der Waals surface area contributed by atoms with Crippen molar-refractivity contribution in [1.82, 2.24) is 24.5 Å². The van der Waals surface area contributed by atoms with Crippen LogP contribution in [0.1, 0.15) is 23.2 Å². The molecule has 1 N–H and O–H groups in total. The molecule has 0 atom stereocenters. The van der Waals surface area contributed by atoms with Crippen molar-refractivity contribution >= 4 is 17.0 Å². The summed E-state index contributed by atoms with van der Waals surface area (Å²) in [6, 6.07) is 3.15. The number of benzene rings is 1. The van der Waals surface area contributed by atoms with Crippen LogP contribution in [0.25, 0.3) is 11.2 Å². The number of nitrogens with zero attached hydrogens (tertiary/aromatic N) is 5. The van der Waals surface area contributed by atoms with Gasteiger partial charge in [-0.3, -0.25) is 0 Å². The number of nitrogens with one attached hydrogen (secondary N) is 1. The van der Waals surface area contributed by atoms with Crippen molar-refractivity contribution in [2.45, 2.75) is 19.4 Å². The van der Waals surface area contributed by atoms with Crippen molar-refractivity contribution in [3.63, 3.8) is 0 Å². The molecular formula is C20H21FN6O. The highest BCUT2D eigenvalue weighted by Crippen LogP contribution is 2.31. The lowest BCUT2D eigenvalue weighted by Crippen LogP contribution is -2.24. The molecule has 0 spiro atoms. The maximum absolute atomic E-state index is 14.4. The molecule has 28 heavy (non-hydrogen) atoms. The number of hydrogen-bond acceptors (Lipinski definition) is 6. The first-order chi connectivity index (χ1) is 13.7. The van der Waals surface area contributed by atoms with E-state index in [1.54, 1.807) is 10.6 Å². The fourth-order valence-corrected chi connectivity index (χ4v) is 3.84. The monoisotopic (exact) mass is 380 g/mol. The van der Waals surface area contributed by atoms with E-state index in [0.717, 1.165) is 42.9 Å². The molecule has 2 aliphatic rings. The van der Waals surface area contributed by atoms with Gasteiger partial charge in [0.2, 0.25) is 0 Å². The van der Waals surface area contributed by atoms with Crippen molar-refractivity contribution in [3.05, 3.63) is 53.4 Å². The fraction of sp³-hybridized carbons (Fsp3) is 0.350. The summed E-state index contributed by atoms with van der Waals surface area (Å²) in [5, 5.41) is 7.62. The van der Waals surface area contributed by atoms with Gasteiger partial charge in [-0.1, -0.05) is 6.08 Å². The van der Waals surface area contributed by atoms with E-state index < -0.39 is 0 Å². The molecule has 0 aliphatic carbocycles. The first kappa shape index (κ1) is 17.1. The Balaban J connectivity index is 1.45. The Hall–Kier alpha value is -3.00. The van der Waals surface area contributed by atoms with Crippen LogP contribution in [0.3, 0.4) is 0 Å². The van der Waals surface area contributed by atoms with Gasteiger partial charge >= 0.3 is 0 Å². The Kier molecular flexibility index (Phi) is 4.20. The molecular weight excluding hydrogens is 359 g/mol. The van der Waals surface area contributed by atoms with Gasteiger partial charge in [-0.2, -0.15) is 5.10 Å². The number of fused-ring (bicyclic) bond motifs is 2. The molecule has 7 nitrogen and oxygen atoms in total. The summed E-state index contributed by atoms with van der Waals surface area (Å²) < 4.78 is 21.7. The summed E-state index contributed by atoms with van der Waals surface area (Å²) in [5.74, 6) is 1.12. The van der Waals surface area contributed by atoms with Crippen LogP contribution in [-0.2, 0) is 13.0 Å². The maximum atomic E-state index is 14.4. The van der Waals surface area contributed by atoms with Crippen molar-refractivity contribution in [2.75, 3.05) is 32.1 Å². The molecule has 0 saturated carbocycles. The van der Waals surface area contributed by atoms with E-state index in [4.69, 9.17) is 4.74 Å². The average molecular weight is 380 g/mol. The molecule has 5 rings (SSSR count). The number of anilines is 1. The third kappa shape index (κ3) is 2.90. The fourth-order valence-electron chi connectivity index (χ4n) is 3.84. The van der Waals surface area contributed by atoms with E-state index in [0.29, 0.717) is 30.2 Å². The molecule has 2 aliphatic heterocycles. The maximum Gasteiger partial charge on any atom is 0.198 e. The SMILES string of the molecule is CN1CC=C(c2cnc(NCc3c(F)ccc4c3CCO4)c3ncnn23)CC1. The second-order valence-corrected chi connectivity index (χ2v) is 7.18. The van der Waals surface area contributed by atoms with Gasteiger partial charge in [-0.15, -0.1) is 0 Å². The zero-order chi connectivity index (χ0) is 19.1. The third-order valence-corrected chi connectivity index (χ3v) is 5.42. The lowest BCUT2D eigenvalue weighted by Gasteiger charge is -2.22. The van der Waals surface area contributed by atoms with Crippen molar-refractivity contribution in [1.29, 1.82) is 0 Å². The minimum Gasteiger partial charge on any atom is -0.493 e. The number of hydrogen-bond donors (Lipinski definition) is 1. The van der Waals surface area contributed by atoms with Gasteiger partial charge in [0.05, 0.1) is 18.5 Å². The predicted molar refractivity (Wildman–Crippen MR) is 104 cm³/mol. The van der Waals surface area contributed by atoms with E-state index in [1.165, 1.54) is 18.0 Å². The van der Waals surface area contributed by atoms with Crippen LogP contribution >= 0.6 is 0 Å². The van der Waals surface area contributed by atoms with Crippen LogP contribution in [-0.4, -0.2) is 51.2 Å². The Morgan fingerprint density at radius 2 is 2.18 bits per heavy atom. The minimum absolute atomic E-state index is 0.234. The van der Waals surface area contributed by atoms with Crippen molar-refractivity contribution in [2.24, 2.45) is 0 Å². The summed E-state index contributed by atoms with van der Waals surface area (Å²) in [7, 11) is 2.11. The quantitative estimate of drug-likeness (QED) is 0.750. The van der Waals surface area contributed by atoms with Crippen LogP contribution in [0.2, 0.25) is 0 Å². The van der Waals surface area contributed by atoms with Crippen LogP contribution in [0.15, 0.2) is 30.7 Å². The van der Waals surface area contributed by atoms with Gasteiger partial charge in [-0.25, -0.2) is 18.9 Å². The zero-order valence-electron chi connectivity index (χ0n) is 15.7. The van der Waals surface area contributed by atoms with E-state index in [9.17, 15) is 4.39 Å².